The van der Waals surface area contributed by atoms with Crippen molar-refractivity contribution < 1.29 is 57.0 Å². The lowest BCUT2D eigenvalue weighted by Gasteiger charge is -2.41. The van der Waals surface area contributed by atoms with Crippen molar-refractivity contribution in [3.05, 3.63) is 12.2 Å². The SMILES string of the molecule is CCCC/C=C\CCCCCCC(O)C(=O)NC(COC1OC(CO)C(O)C(OS(=O)(=O)O)C1O)C(O)CCCCCCCCCCCCCC. The topological polar surface area (TPSA) is 212 Å². The van der Waals surface area contributed by atoms with E-state index in [-0.39, 0.29) is 6.42 Å². The average molecular weight is 754 g/mol. The minimum atomic E-state index is -5.10. The van der Waals surface area contributed by atoms with Gasteiger partial charge in [-0.1, -0.05) is 135 Å². The Labute approximate surface area is 307 Å². The summed E-state index contributed by atoms with van der Waals surface area (Å²) >= 11 is 0. The molecule has 1 saturated heterocycles. The second kappa shape index (κ2) is 29.2. The summed E-state index contributed by atoms with van der Waals surface area (Å²) in [5.41, 5.74) is 0. The maximum absolute atomic E-state index is 13.0. The van der Waals surface area contributed by atoms with Gasteiger partial charge in [0.15, 0.2) is 6.29 Å². The summed E-state index contributed by atoms with van der Waals surface area (Å²) in [6, 6.07) is -1.03. The lowest BCUT2D eigenvalue weighted by atomic mass is 9.99. The normalized spacial score (nSPS) is 23.0. The molecule has 7 N–H and O–H groups in total. The van der Waals surface area contributed by atoms with Gasteiger partial charge in [0, 0.05) is 0 Å². The quantitative estimate of drug-likeness (QED) is 0.0274. The lowest BCUT2D eigenvalue weighted by Crippen LogP contribution is -2.61. The molecule has 0 bridgehead atoms. The number of ether oxygens (including phenoxy) is 2. The molecule has 1 fully saturated rings. The van der Waals surface area contributed by atoms with Crippen molar-refractivity contribution in [3.63, 3.8) is 0 Å². The average Bonchev–Trinajstić information content (AvgIpc) is 3.09. The van der Waals surface area contributed by atoms with E-state index in [9.17, 15) is 38.7 Å². The van der Waals surface area contributed by atoms with Gasteiger partial charge in [-0.2, -0.15) is 8.42 Å². The summed E-state index contributed by atoms with van der Waals surface area (Å²) in [4.78, 5) is 13.0. The van der Waals surface area contributed by atoms with Crippen LogP contribution in [0.1, 0.15) is 155 Å². The van der Waals surface area contributed by atoms with Crippen LogP contribution < -0.4 is 5.32 Å². The van der Waals surface area contributed by atoms with Crippen molar-refractivity contribution in [2.75, 3.05) is 13.2 Å². The number of rotatable bonds is 32. The molecule has 0 aromatic rings. The molecule has 51 heavy (non-hydrogen) atoms. The van der Waals surface area contributed by atoms with Gasteiger partial charge >= 0.3 is 10.4 Å². The van der Waals surface area contributed by atoms with Crippen LogP contribution in [0.15, 0.2) is 12.2 Å². The summed E-state index contributed by atoms with van der Waals surface area (Å²) in [6.07, 6.45) is 15.7. The highest BCUT2D eigenvalue weighted by Gasteiger charge is 2.48. The van der Waals surface area contributed by atoms with Gasteiger partial charge in [0.2, 0.25) is 5.91 Å². The number of nitrogens with one attached hydrogen (secondary N) is 1. The third-order valence-corrected chi connectivity index (χ3v) is 9.90. The van der Waals surface area contributed by atoms with Gasteiger partial charge < -0.3 is 40.3 Å². The van der Waals surface area contributed by atoms with E-state index in [4.69, 9.17) is 14.0 Å². The number of aliphatic hydroxyl groups is 5. The van der Waals surface area contributed by atoms with Gasteiger partial charge in [-0.3, -0.25) is 9.35 Å². The number of amides is 1. The van der Waals surface area contributed by atoms with Crippen molar-refractivity contribution in [2.45, 2.75) is 204 Å². The monoisotopic (exact) mass is 753 g/mol. The van der Waals surface area contributed by atoms with Crippen molar-refractivity contribution >= 4 is 16.3 Å². The molecule has 0 spiro atoms. The molecule has 0 aromatic carbocycles. The van der Waals surface area contributed by atoms with Crippen molar-refractivity contribution in [3.8, 4) is 0 Å². The summed E-state index contributed by atoms with van der Waals surface area (Å²) in [6.45, 7) is 3.18. The number of carbonyl (C=O) groups excluding carboxylic acids is 1. The maximum atomic E-state index is 13.0. The zero-order chi connectivity index (χ0) is 37.9. The molecule has 1 rings (SSSR count). The second-order valence-electron chi connectivity index (χ2n) is 14.0. The Morgan fingerprint density at radius 2 is 1.27 bits per heavy atom. The highest BCUT2D eigenvalue weighted by atomic mass is 32.3. The predicted molar refractivity (Wildman–Crippen MR) is 196 cm³/mol. The van der Waals surface area contributed by atoms with E-state index in [1.807, 2.05) is 0 Å². The van der Waals surface area contributed by atoms with Crippen LogP contribution in [0.5, 0.6) is 0 Å². The molecule has 14 heteroatoms. The summed E-state index contributed by atoms with van der Waals surface area (Å²) in [5.74, 6) is -0.683. The molecule has 1 heterocycles. The Hall–Kier alpha value is -1.20. The first-order valence-electron chi connectivity index (χ1n) is 19.7. The van der Waals surface area contributed by atoms with Gasteiger partial charge in [-0.15, -0.1) is 0 Å². The van der Waals surface area contributed by atoms with Crippen molar-refractivity contribution in [2.24, 2.45) is 0 Å². The van der Waals surface area contributed by atoms with E-state index in [1.54, 1.807) is 0 Å². The Morgan fingerprint density at radius 3 is 1.82 bits per heavy atom. The summed E-state index contributed by atoms with van der Waals surface area (Å²) in [5, 5.41) is 54.9. The van der Waals surface area contributed by atoms with Crippen molar-refractivity contribution in [1.29, 1.82) is 0 Å². The zero-order valence-electron chi connectivity index (χ0n) is 31.3. The Balaban J connectivity index is 2.69. The third-order valence-electron chi connectivity index (χ3n) is 9.43. The molecule has 8 atom stereocenters. The fraction of sp³-hybridized carbons (Fsp3) is 0.919. The van der Waals surface area contributed by atoms with Crippen LogP contribution in [0.2, 0.25) is 0 Å². The molecule has 0 radical (unpaired) electrons. The van der Waals surface area contributed by atoms with Crippen LogP contribution in [-0.2, 0) is 28.9 Å². The number of hydrogen-bond donors (Lipinski definition) is 7. The minimum Gasteiger partial charge on any atom is -0.394 e. The summed E-state index contributed by atoms with van der Waals surface area (Å²) in [7, 11) is -5.10. The van der Waals surface area contributed by atoms with E-state index in [0.717, 1.165) is 51.4 Å². The first-order chi connectivity index (χ1) is 24.4. The molecule has 1 aliphatic rings. The molecule has 1 aliphatic heterocycles. The van der Waals surface area contributed by atoms with Gasteiger partial charge in [-0.25, -0.2) is 4.18 Å². The Kier molecular flexibility index (Phi) is 27.4. The van der Waals surface area contributed by atoms with Crippen LogP contribution in [0, 0.1) is 0 Å². The number of aliphatic hydroxyl groups excluding tert-OH is 5. The molecular weight excluding hydrogens is 682 g/mol. The number of allylic oxidation sites excluding steroid dienone is 2. The fourth-order valence-electron chi connectivity index (χ4n) is 6.21. The first-order valence-corrected chi connectivity index (χ1v) is 21.0. The lowest BCUT2D eigenvalue weighted by molar-refractivity contribution is -0.298. The molecule has 1 amide bonds. The molecule has 302 valence electrons. The number of unbranched alkanes of at least 4 members (excludes halogenated alkanes) is 17. The van der Waals surface area contributed by atoms with Gasteiger partial charge in [0.05, 0.1) is 25.4 Å². The maximum Gasteiger partial charge on any atom is 0.397 e. The van der Waals surface area contributed by atoms with Crippen LogP contribution in [-0.4, -0.2) is 107 Å². The largest absolute Gasteiger partial charge is 0.397 e. The minimum absolute atomic E-state index is 0.246. The van der Waals surface area contributed by atoms with Crippen LogP contribution in [0.3, 0.4) is 0 Å². The number of carbonyl (C=O) groups is 1. The van der Waals surface area contributed by atoms with Crippen LogP contribution in [0.4, 0.5) is 0 Å². The smallest absolute Gasteiger partial charge is 0.394 e. The standard InChI is InChI=1S/C37H71NO12S/c1-3-5-7-9-11-13-15-16-18-19-21-23-25-30(40)29(38-36(44)31(41)26-24-22-20-17-14-12-10-8-6-4-2)28-48-37-34(43)35(50-51(45,46)47)33(42)32(27-39)49-37/h10,12,29-35,37,39-43H,3-9,11,13-28H2,1-2H3,(H,38,44)(H,45,46,47)/b12-10-. The van der Waals surface area contributed by atoms with E-state index in [1.165, 1.54) is 64.2 Å². The Morgan fingerprint density at radius 1 is 0.765 bits per heavy atom. The molecule has 8 unspecified atom stereocenters. The van der Waals surface area contributed by atoms with Gasteiger partial charge in [0.25, 0.3) is 0 Å². The van der Waals surface area contributed by atoms with E-state index < -0.39 is 78.5 Å². The van der Waals surface area contributed by atoms with Crippen LogP contribution in [0.25, 0.3) is 0 Å². The van der Waals surface area contributed by atoms with Crippen molar-refractivity contribution in [1.82, 2.24) is 5.32 Å². The molecule has 0 saturated carbocycles. The molecule has 0 aromatic heterocycles. The first kappa shape index (κ1) is 47.8. The van der Waals surface area contributed by atoms with Gasteiger partial charge in [-0.05, 0) is 32.1 Å². The third kappa shape index (κ3) is 22.6. The highest BCUT2D eigenvalue weighted by molar-refractivity contribution is 7.80. The highest BCUT2D eigenvalue weighted by Crippen LogP contribution is 2.26. The molecular formula is C37H71NO12S. The van der Waals surface area contributed by atoms with E-state index in [0.29, 0.717) is 19.3 Å². The predicted octanol–water partition coefficient (Wildman–Crippen LogP) is 5.01. The van der Waals surface area contributed by atoms with E-state index >= 15 is 0 Å². The van der Waals surface area contributed by atoms with Gasteiger partial charge in [0.1, 0.15) is 30.5 Å². The Bertz CT molecular complexity index is 1000. The molecule has 0 aliphatic carbocycles. The van der Waals surface area contributed by atoms with Crippen LogP contribution >= 0.6 is 0 Å². The second-order valence-corrected chi connectivity index (χ2v) is 15.1. The fourth-order valence-corrected chi connectivity index (χ4v) is 6.72. The number of hydrogen-bond acceptors (Lipinski definition) is 11. The van der Waals surface area contributed by atoms with E-state index in [2.05, 4.69) is 35.5 Å². The zero-order valence-corrected chi connectivity index (χ0v) is 32.1. The molecule has 13 nitrogen and oxygen atoms in total. The summed E-state index contributed by atoms with van der Waals surface area (Å²) < 4.78 is 47.3.